The number of aromatic nitrogens is 2. The van der Waals surface area contributed by atoms with Gasteiger partial charge in [-0.05, 0) is 23.6 Å². The molecule has 7 heteroatoms. The zero-order chi connectivity index (χ0) is 16.4. The first-order chi connectivity index (χ1) is 10.2. The molecule has 0 spiro atoms. The van der Waals surface area contributed by atoms with Crippen LogP contribution in [0, 0.1) is 5.92 Å². The molecule has 0 saturated carbocycles. The van der Waals surface area contributed by atoms with E-state index in [2.05, 4.69) is 14.7 Å². The van der Waals surface area contributed by atoms with Crippen molar-refractivity contribution in [2.24, 2.45) is 5.92 Å². The maximum absolute atomic E-state index is 12.2. The third kappa shape index (κ3) is 3.36. The van der Waals surface area contributed by atoms with Crippen molar-refractivity contribution in [3.8, 4) is 5.75 Å². The third-order valence-electron chi connectivity index (χ3n) is 3.36. The summed E-state index contributed by atoms with van der Waals surface area (Å²) in [7, 11) is 0. The summed E-state index contributed by atoms with van der Waals surface area (Å²) in [6.45, 7) is 3.60. The van der Waals surface area contributed by atoms with Gasteiger partial charge in [-0.15, -0.1) is 13.2 Å². The van der Waals surface area contributed by atoms with Crippen LogP contribution in [0.2, 0.25) is 0 Å². The molecule has 0 unspecified atom stereocenters. The molecule has 0 bridgehead atoms. The molecule has 2 aromatic rings. The Morgan fingerprint density at radius 1 is 1.00 bits per heavy atom. The van der Waals surface area contributed by atoms with Crippen LogP contribution in [-0.2, 0) is 5.60 Å². The topological polar surface area (TPSA) is 55.2 Å². The molecule has 1 atom stereocenters. The lowest BCUT2D eigenvalue weighted by molar-refractivity contribution is -0.274. The Labute approximate surface area is 125 Å². The van der Waals surface area contributed by atoms with Crippen LogP contribution >= 0.6 is 0 Å². The zero-order valence-corrected chi connectivity index (χ0v) is 12.0. The van der Waals surface area contributed by atoms with E-state index in [9.17, 15) is 18.3 Å². The van der Waals surface area contributed by atoms with Crippen molar-refractivity contribution in [1.29, 1.82) is 0 Å². The van der Waals surface area contributed by atoms with Gasteiger partial charge in [0.25, 0.3) is 0 Å². The smallest absolute Gasteiger partial charge is 0.406 e. The predicted octanol–water partition coefficient (Wildman–Crippen LogP) is 3.27. The fourth-order valence-electron chi connectivity index (χ4n) is 2.24. The van der Waals surface area contributed by atoms with Crippen molar-refractivity contribution in [2.45, 2.75) is 25.8 Å². The van der Waals surface area contributed by atoms with Crippen LogP contribution in [0.3, 0.4) is 0 Å². The van der Waals surface area contributed by atoms with E-state index in [1.54, 1.807) is 13.8 Å². The first-order valence-corrected chi connectivity index (χ1v) is 6.57. The maximum Gasteiger partial charge on any atom is 0.573 e. The van der Waals surface area contributed by atoms with Gasteiger partial charge in [0.05, 0.1) is 0 Å². The van der Waals surface area contributed by atoms with Crippen molar-refractivity contribution in [3.63, 3.8) is 0 Å². The summed E-state index contributed by atoms with van der Waals surface area (Å²) < 4.78 is 40.4. The average molecular weight is 312 g/mol. The second kappa shape index (κ2) is 5.92. The minimum absolute atomic E-state index is 0.243. The number of aliphatic hydroxyl groups is 1. The number of ether oxygens (including phenoxy) is 1. The van der Waals surface area contributed by atoms with Crippen LogP contribution in [0.4, 0.5) is 13.2 Å². The summed E-state index contributed by atoms with van der Waals surface area (Å²) in [6.07, 6.45) is -0.450. The van der Waals surface area contributed by atoms with Gasteiger partial charge in [-0.3, -0.25) is 0 Å². The molecule has 1 heterocycles. The average Bonchev–Trinajstić information content (AvgIpc) is 2.46. The molecule has 2 rings (SSSR count). The van der Waals surface area contributed by atoms with Gasteiger partial charge in [-0.25, -0.2) is 9.97 Å². The van der Waals surface area contributed by atoms with Gasteiger partial charge in [0.1, 0.15) is 17.7 Å². The molecular formula is C15H15F3N2O2. The zero-order valence-electron chi connectivity index (χ0n) is 12.0. The molecule has 0 saturated heterocycles. The van der Waals surface area contributed by atoms with E-state index in [0.717, 1.165) is 0 Å². The van der Waals surface area contributed by atoms with E-state index in [-0.39, 0.29) is 11.7 Å². The van der Waals surface area contributed by atoms with Gasteiger partial charge < -0.3 is 9.84 Å². The van der Waals surface area contributed by atoms with E-state index in [0.29, 0.717) is 11.1 Å². The fraction of sp³-hybridized carbons (Fsp3) is 0.333. The number of alkyl halides is 3. The van der Waals surface area contributed by atoms with Gasteiger partial charge >= 0.3 is 6.36 Å². The van der Waals surface area contributed by atoms with Crippen LogP contribution in [0.15, 0.2) is 43.0 Å². The highest BCUT2D eigenvalue weighted by molar-refractivity contribution is 5.37. The van der Waals surface area contributed by atoms with Gasteiger partial charge in [0, 0.05) is 18.0 Å². The Balaban J connectivity index is 2.38. The number of rotatable bonds is 4. The molecule has 0 radical (unpaired) electrons. The quantitative estimate of drug-likeness (QED) is 0.941. The van der Waals surface area contributed by atoms with Gasteiger partial charge in [-0.1, -0.05) is 26.0 Å². The Kier molecular flexibility index (Phi) is 4.37. The van der Waals surface area contributed by atoms with E-state index in [4.69, 9.17) is 0 Å². The van der Waals surface area contributed by atoms with Crippen molar-refractivity contribution >= 4 is 0 Å². The molecule has 0 amide bonds. The van der Waals surface area contributed by atoms with Gasteiger partial charge in [-0.2, -0.15) is 0 Å². The monoisotopic (exact) mass is 312 g/mol. The Bertz CT molecular complexity index is 615. The molecule has 0 aliphatic carbocycles. The predicted molar refractivity (Wildman–Crippen MR) is 73.0 cm³/mol. The van der Waals surface area contributed by atoms with Gasteiger partial charge in [0.2, 0.25) is 0 Å². The highest BCUT2D eigenvalue weighted by Gasteiger charge is 2.36. The van der Waals surface area contributed by atoms with Crippen LogP contribution in [0.25, 0.3) is 0 Å². The van der Waals surface area contributed by atoms with E-state index < -0.39 is 12.0 Å². The van der Waals surface area contributed by atoms with E-state index >= 15 is 0 Å². The number of benzene rings is 1. The molecule has 118 valence electrons. The van der Waals surface area contributed by atoms with Crippen LogP contribution < -0.4 is 4.74 Å². The van der Waals surface area contributed by atoms with Crippen molar-refractivity contribution < 1.29 is 23.0 Å². The minimum atomic E-state index is -4.75. The fourth-order valence-corrected chi connectivity index (χ4v) is 2.24. The van der Waals surface area contributed by atoms with Gasteiger partial charge in [0.15, 0.2) is 0 Å². The molecule has 4 nitrogen and oxygen atoms in total. The molecule has 0 aliphatic heterocycles. The first kappa shape index (κ1) is 16.2. The first-order valence-electron chi connectivity index (χ1n) is 6.57. The standard InChI is InChI=1S/C15H15F3N2O2/c1-10(2)14(21,12-7-19-9-20-8-12)11-3-5-13(6-4-11)22-15(16,17)18/h3-10,21H,1-2H3/t14-/m1/s1. The number of halogens is 3. The summed E-state index contributed by atoms with van der Waals surface area (Å²) in [5.41, 5.74) is -0.501. The van der Waals surface area contributed by atoms with Crippen LogP contribution in [-0.4, -0.2) is 21.4 Å². The lowest BCUT2D eigenvalue weighted by Gasteiger charge is -2.32. The number of hydrogen-bond acceptors (Lipinski definition) is 4. The third-order valence-corrected chi connectivity index (χ3v) is 3.36. The largest absolute Gasteiger partial charge is 0.573 e. The van der Waals surface area contributed by atoms with E-state index in [1.165, 1.54) is 43.0 Å². The maximum atomic E-state index is 12.2. The normalized spacial score (nSPS) is 14.7. The summed E-state index contributed by atoms with van der Waals surface area (Å²) in [5, 5.41) is 11.0. The Morgan fingerprint density at radius 2 is 1.55 bits per heavy atom. The molecule has 0 aliphatic rings. The summed E-state index contributed by atoms with van der Waals surface area (Å²) in [5.74, 6) is -0.584. The lowest BCUT2D eigenvalue weighted by atomic mass is 9.79. The Hall–Kier alpha value is -2.15. The molecule has 1 aromatic carbocycles. The SMILES string of the molecule is CC(C)[C@@](O)(c1ccc(OC(F)(F)F)cc1)c1cncnc1. The molecule has 1 aromatic heterocycles. The van der Waals surface area contributed by atoms with Crippen LogP contribution in [0.5, 0.6) is 5.75 Å². The number of nitrogens with zero attached hydrogens (tertiary/aromatic N) is 2. The molecule has 22 heavy (non-hydrogen) atoms. The molecule has 1 N–H and O–H groups in total. The van der Waals surface area contributed by atoms with Crippen molar-refractivity contribution in [3.05, 3.63) is 54.1 Å². The summed E-state index contributed by atoms with van der Waals surface area (Å²) >= 11 is 0. The van der Waals surface area contributed by atoms with E-state index in [1.807, 2.05) is 0 Å². The van der Waals surface area contributed by atoms with Crippen molar-refractivity contribution in [1.82, 2.24) is 9.97 Å². The summed E-state index contributed by atoms with van der Waals surface area (Å²) in [4.78, 5) is 7.76. The number of hydrogen-bond donors (Lipinski definition) is 1. The highest BCUT2D eigenvalue weighted by atomic mass is 19.4. The second-order valence-electron chi connectivity index (χ2n) is 5.12. The summed E-state index contributed by atoms with van der Waals surface area (Å²) in [6, 6.07) is 5.13. The highest BCUT2D eigenvalue weighted by Crippen LogP contribution is 2.37. The molecule has 0 fully saturated rings. The lowest BCUT2D eigenvalue weighted by Crippen LogP contribution is -2.33. The molecular weight excluding hydrogens is 297 g/mol. The minimum Gasteiger partial charge on any atom is -0.406 e. The second-order valence-corrected chi connectivity index (χ2v) is 5.12. The van der Waals surface area contributed by atoms with Crippen molar-refractivity contribution in [2.75, 3.05) is 0 Å². The Morgan fingerprint density at radius 3 is 2.00 bits per heavy atom. The van der Waals surface area contributed by atoms with Crippen LogP contribution in [0.1, 0.15) is 25.0 Å².